The monoisotopic (exact) mass is 322 g/mol. The number of hydrogen-bond acceptors (Lipinski definition) is 3. The number of urea groups is 1. The summed E-state index contributed by atoms with van der Waals surface area (Å²) < 4.78 is 0. The van der Waals surface area contributed by atoms with Crippen molar-refractivity contribution in [2.75, 3.05) is 19.7 Å². The van der Waals surface area contributed by atoms with Gasteiger partial charge in [0.2, 0.25) is 0 Å². The fraction of sp³-hybridized carbons (Fsp3) is 0.529. The first-order valence-electron chi connectivity index (χ1n) is 7.98. The molecule has 2 amide bonds. The maximum atomic E-state index is 12.3. The van der Waals surface area contributed by atoms with Crippen LogP contribution in [0.4, 0.5) is 4.79 Å². The van der Waals surface area contributed by atoms with Gasteiger partial charge in [-0.05, 0) is 24.8 Å². The molecule has 0 aliphatic rings. The second-order valence-corrected chi connectivity index (χ2v) is 5.48. The number of amides is 2. The van der Waals surface area contributed by atoms with Gasteiger partial charge in [0.1, 0.15) is 0 Å². The van der Waals surface area contributed by atoms with Gasteiger partial charge in [0, 0.05) is 25.6 Å². The number of aliphatic carboxylic acids is 1. The highest BCUT2D eigenvalue weighted by molar-refractivity contribution is 5.74. The van der Waals surface area contributed by atoms with E-state index in [1.54, 1.807) is 4.90 Å². The summed E-state index contributed by atoms with van der Waals surface area (Å²) in [6.07, 6.45) is 1.76. The number of nitrogens with zero attached hydrogens (tertiary/aromatic N) is 1. The molecule has 0 heterocycles. The van der Waals surface area contributed by atoms with Gasteiger partial charge in [-0.1, -0.05) is 37.3 Å². The van der Waals surface area contributed by atoms with E-state index in [2.05, 4.69) is 5.32 Å². The average Bonchev–Trinajstić information content (AvgIpc) is 2.53. The summed E-state index contributed by atoms with van der Waals surface area (Å²) in [4.78, 5) is 24.7. The Bertz CT molecular complexity index is 473. The Hall–Kier alpha value is -2.08. The minimum Gasteiger partial charge on any atom is -0.481 e. The topological polar surface area (TPSA) is 89.9 Å². The van der Waals surface area contributed by atoms with Crippen LogP contribution in [0.2, 0.25) is 0 Å². The van der Waals surface area contributed by atoms with E-state index in [1.165, 1.54) is 0 Å². The normalized spacial score (nSPS) is 11.7. The summed E-state index contributed by atoms with van der Waals surface area (Å²) >= 11 is 0. The first kappa shape index (κ1) is 19.0. The molecule has 1 atom stereocenters. The molecule has 6 heteroatoms. The first-order valence-corrected chi connectivity index (χ1v) is 7.98. The van der Waals surface area contributed by atoms with Crippen LogP contribution < -0.4 is 5.32 Å². The van der Waals surface area contributed by atoms with Crippen LogP contribution >= 0.6 is 0 Å². The van der Waals surface area contributed by atoms with Crippen LogP contribution in [0.1, 0.15) is 31.7 Å². The van der Waals surface area contributed by atoms with Gasteiger partial charge >= 0.3 is 12.0 Å². The van der Waals surface area contributed by atoms with Gasteiger partial charge in [0.15, 0.2) is 0 Å². The van der Waals surface area contributed by atoms with E-state index in [4.69, 9.17) is 10.2 Å². The number of carboxylic acid groups (broad SMARTS) is 1. The quantitative estimate of drug-likeness (QED) is 0.613. The van der Waals surface area contributed by atoms with Crippen LogP contribution in [-0.2, 0) is 11.2 Å². The molecule has 0 saturated heterocycles. The van der Waals surface area contributed by atoms with Gasteiger partial charge in [-0.15, -0.1) is 0 Å². The van der Waals surface area contributed by atoms with Crippen LogP contribution in [0.5, 0.6) is 0 Å². The first-order chi connectivity index (χ1) is 11.1. The molecule has 0 aromatic heterocycles. The molecule has 1 rings (SSSR count). The number of benzene rings is 1. The third kappa shape index (κ3) is 7.65. The average molecular weight is 322 g/mol. The lowest BCUT2D eigenvalue weighted by molar-refractivity contribution is -0.137. The molecule has 23 heavy (non-hydrogen) atoms. The third-order valence-electron chi connectivity index (χ3n) is 3.51. The van der Waals surface area contributed by atoms with E-state index in [0.717, 1.165) is 12.0 Å². The summed E-state index contributed by atoms with van der Waals surface area (Å²) in [5.41, 5.74) is 1.05. The predicted molar refractivity (Wildman–Crippen MR) is 88.3 cm³/mol. The van der Waals surface area contributed by atoms with E-state index < -0.39 is 5.97 Å². The third-order valence-corrected chi connectivity index (χ3v) is 3.51. The Morgan fingerprint density at radius 3 is 2.48 bits per heavy atom. The Morgan fingerprint density at radius 1 is 1.22 bits per heavy atom. The molecular formula is C17H26N2O4. The number of rotatable bonds is 10. The van der Waals surface area contributed by atoms with Gasteiger partial charge in [0.25, 0.3) is 0 Å². The minimum absolute atomic E-state index is 0.00551. The molecule has 1 aromatic rings. The molecule has 0 saturated carbocycles. The van der Waals surface area contributed by atoms with Gasteiger partial charge in [0.05, 0.1) is 6.61 Å². The molecular weight excluding hydrogens is 296 g/mol. The maximum absolute atomic E-state index is 12.3. The number of hydrogen-bond donors (Lipinski definition) is 3. The molecule has 6 nitrogen and oxygen atoms in total. The van der Waals surface area contributed by atoms with Crippen molar-refractivity contribution in [1.82, 2.24) is 10.2 Å². The highest BCUT2D eigenvalue weighted by atomic mass is 16.4. The fourth-order valence-electron chi connectivity index (χ4n) is 2.39. The summed E-state index contributed by atoms with van der Waals surface area (Å²) in [6, 6.07) is 9.15. The number of aliphatic hydroxyl groups is 1. The number of carboxylic acids is 1. The SMILES string of the molecule is CCCN(CCO)C(=O)NC(CCC(=O)O)Cc1ccccc1. The maximum Gasteiger partial charge on any atom is 0.317 e. The Labute approximate surface area is 137 Å². The number of carbonyl (C=O) groups is 2. The largest absolute Gasteiger partial charge is 0.481 e. The molecule has 128 valence electrons. The summed E-state index contributed by atoms with van der Waals surface area (Å²) in [6.45, 7) is 2.70. The minimum atomic E-state index is -0.877. The molecule has 1 aromatic carbocycles. The van der Waals surface area contributed by atoms with E-state index >= 15 is 0 Å². The second-order valence-electron chi connectivity index (χ2n) is 5.48. The zero-order valence-corrected chi connectivity index (χ0v) is 13.6. The second kappa shape index (κ2) is 10.6. The molecule has 3 N–H and O–H groups in total. The van der Waals surface area contributed by atoms with Crippen LogP contribution in [0, 0.1) is 0 Å². The van der Waals surface area contributed by atoms with E-state index in [0.29, 0.717) is 19.4 Å². The van der Waals surface area contributed by atoms with Crippen molar-refractivity contribution in [2.24, 2.45) is 0 Å². The Morgan fingerprint density at radius 2 is 1.91 bits per heavy atom. The number of carbonyl (C=O) groups excluding carboxylic acids is 1. The van der Waals surface area contributed by atoms with Gasteiger partial charge in [-0.3, -0.25) is 4.79 Å². The fourth-order valence-corrected chi connectivity index (χ4v) is 2.39. The predicted octanol–water partition coefficient (Wildman–Crippen LogP) is 1.88. The smallest absolute Gasteiger partial charge is 0.317 e. The van der Waals surface area contributed by atoms with Crippen LogP contribution in [0.25, 0.3) is 0 Å². The molecule has 0 bridgehead atoms. The van der Waals surface area contributed by atoms with Crippen molar-refractivity contribution < 1.29 is 19.8 Å². The summed E-state index contributed by atoms with van der Waals surface area (Å²) in [5.74, 6) is -0.877. The number of aliphatic hydroxyl groups excluding tert-OH is 1. The molecule has 0 fully saturated rings. The van der Waals surface area contributed by atoms with Crippen molar-refractivity contribution in [3.05, 3.63) is 35.9 Å². The molecule has 0 aliphatic carbocycles. The number of nitrogens with one attached hydrogen (secondary N) is 1. The zero-order valence-electron chi connectivity index (χ0n) is 13.6. The lowest BCUT2D eigenvalue weighted by atomic mass is 10.0. The van der Waals surface area contributed by atoms with Gasteiger partial charge in [-0.25, -0.2) is 4.79 Å². The zero-order chi connectivity index (χ0) is 17.1. The highest BCUT2D eigenvalue weighted by Crippen LogP contribution is 2.09. The van der Waals surface area contributed by atoms with Crippen molar-refractivity contribution in [3.63, 3.8) is 0 Å². The molecule has 0 aliphatic heterocycles. The lowest BCUT2D eigenvalue weighted by Crippen LogP contribution is -2.47. The Balaban J connectivity index is 2.70. The summed E-state index contributed by atoms with van der Waals surface area (Å²) in [7, 11) is 0. The van der Waals surface area contributed by atoms with Crippen molar-refractivity contribution in [3.8, 4) is 0 Å². The molecule has 1 unspecified atom stereocenters. The van der Waals surface area contributed by atoms with E-state index in [-0.39, 0.29) is 31.6 Å². The van der Waals surface area contributed by atoms with Crippen molar-refractivity contribution >= 4 is 12.0 Å². The van der Waals surface area contributed by atoms with Crippen LogP contribution in [0.15, 0.2) is 30.3 Å². The van der Waals surface area contributed by atoms with E-state index in [1.807, 2.05) is 37.3 Å². The van der Waals surface area contributed by atoms with Gasteiger partial charge in [-0.2, -0.15) is 0 Å². The van der Waals surface area contributed by atoms with Crippen molar-refractivity contribution in [2.45, 2.75) is 38.6 Å². The molecule has 0 spiro atoms. The standard InChI is InChI=1S/C17H26N2O4/c1-2-10-19(11-12-20)17(23)18-15(8-9-16(21)22)13-14-6-4-3-5-7-14/h3-7,15,20H,2,8-13H2,1H3,(H,18,23)(H,21,22). The summed E-state index contributed by atoms with van der Waals surface area (Å²) in [5, 5.41) is 20.8. The Kier molecular flexibility index (Phi) is 8.75. The van der Waals surface area contributed by atoms with Crippen LogP contribution in [-0.4, -0.2) is 52.9 Å². The highest BCUT2D eigenvalue weighted by Gasteiger charge is 2.18. The van der Waals surface area contributed by atoms with Gasteiger partial charge < -0.3 is 20.4 Å². The van der Waals surface area contributed by atoms with E-state index in [9.17, 15) is 9.59 Å². The van der Waals surface area contributed by atoms with Crippen LogP contribution in [0.3, 0.4) is 0 Å². The lowest BCUT2D eigenvalue weighted by Gasteiger charge is -2.26. The molecule has 0 radical (unpaired) electrons. The van der Waals surface area contributed by atoms with Crippen molar-refractivity contribution in [1.29, 1.82) is 0 Å².